The van der Waals surface area contributed by atoms with E-state index in [1.165, 1.54) is 12.2 Å². The van der Waals surface area contributed by atoms with Crippen molar-refractivity contribution in [3.05, 3.63) is 51.3 Å². The first kappa shape index (κ1) is 10.4. The summed E-state index contributed by atoms with van der Waals surface area (Å²) in [6.45, 7) is 0. The van der Waals surface area contributed by atoms with Gasteiger partial charge in [0.1, 0.15) is 5.76 Å². The Morgan fingerprint density at radius 2 is 1.87 bits per heavy atom. The van der Waals surface area contributed by atoms with Crippen LogP contribution in [0.1, 0.15) is 12.0 Å². The summed E-state index contributed by atoms with van der Waals surface area (Å²) >= 11 is 2.21. The number of carbonyl (C=O) groups excluding carboxylic acids is 1. The van der Waals surface area contributed by atoms with E-state index in [4.69, 9.17) is 0 Å². The molecule has 0 radical (unpaired) electrons. The van der Waals surface area contributed by atoms with Crippen LogP contribution in [0.3, 0.4) is 0 Å². The Labute approximate surface area is 101 Å². The Morgan fingerprint density at radius 1 is 1.20 bits per heavy atom. The number of allylic oxidation sites excluding steroid dienone is 3. The molecule has 0 atom stereocenters. The second-order valence-corrected chi connectivity index (χ2v) is 4.57. The van der Waals surface area contributed by atoms with Crippen LogP contribution in [0.25, 0.3) is 5.57 Å². The number of hydrogen-bond donors (Lipinski definition) is 1. The predicted octanol–water partition coefficient (Wildman–Crippen LogP) is 3.09. The number of hydrogen-bond acceptors (Lipinski definition) is 2. The molecule has 1 aliphatic carbocycles. The van der Waals surface area contributed by atoms with Crippen LogP contribution in [-0.4, -0.2) is 10.9 Å². The third-order valence-electron chi connectivity index (χ3n) is 2.24. The first-order valence-corrected chi connectivity index (χ1v) is 5.64. The average molecular weight is 312 g/mol. The van der Waals surface area contributed by atoms with Gasteiger partial charge in [0.2, 0.25) is 0 Å². The van der Waals surface area contributed by atoms with E-state index < -0.39 is 0 Å². The second-order valence-electron chi connectivity index (χ2n) is 3.32. The standard InChI is InChI=1S/C12H9IO2/c13-9-3-1-8(2-4-9)11-7-10(14)5-6-12(11)15/h1-5,7,14H,6H2. The van der Waals surface area contributed by atoms with Crippen molar-refractivity contribution in [2.45, 2.75) is 6.42 Å². The van der Waals surface area contributed by atoms with E-state index in [0.29, 0.717) is 5.57 Å². The highest BCUT2D eigenvalue weighted by Gasteiger charge is 2.15. The number of Topliss-reactive ketones (excluding diaryl/α,β-unsaturated/α-hetero) is 1. The van der Waals surface area contributed by atoms with Crippen LogP contribution in [-0.2, 0) is 4.79 Å². The topological polar surface area (TPSA) is 37.3 Å². The maximum Gasteiger partial charge on any atom is 0.167 e. The van der Waals surface area contributed by atoms with Crippen molar-refractivity contribution < 1.29 is 9.90 Å². The van der Waals surface area contributed by atoms with Crippen LogP contribution in [0.15, 0.2) is 42.2 Å². The molecule has 1 aromatic carbocycles. The molecule has 15 heavy (non-hydrogen) atoms. The van der Waals surface area contributed by atoms with Crippen LogP contribution in [0.5, 0.6) is 0 Å². The Bertz CT molecular complexity index is 455. The third-order valence-corrected chi connectivity index (χ3v) is 2.96. The van der Waals surface area contributed by atoms with Crippen molar-refractivity contribution in [2.75, 3.05) is 0 Å². The van der Waals surface area contributed by atoms with E-state index in [0.717, 1.165) is 9.13 Å². The van der Waals surface area contributed by atoms with Crippen molar-refractivity contribution in [3.8, 4) is 0 Å². The molecule has 0 bridgehead atoms. The number of carbonyl (C=O) groups is 1. The summed E-state index contributed by atoms with van der Waals surface area (Å²) in [5, 5.41) is 9.34. The summed E-state index contributed by atoms with van der Waals surface area (Å²) in [7, 11) is 0. The summed E-state index contributed by atoms with van der Waals surface area (Å²) in [4.78, 5) is 11.6. The van der Waals surface area contributed by atoms with Gasteiger partial charge in [-0.15, -0.1) is 0 Å². The fourth-order valence-electron chi connectivity index (χ4n) is 1.47. The van der Waals surface area contributed by atoms with E-state index in [1.54, 1.807) is 0 Å². The highest BCUT2D eigenvalue weighted by atomic mass is 127. The maximum absolute atomic E-state index is 11.6. The van der Waals surface area contributed by atoms with Gasteiger partial charge in [0.05, 0.1) is 0 Å². The highest BCUT2D eigenvalue weighted by Crippen LogP contribution is 2.23. The van der Waals surface area contributed by atoms with Crippen molar-refractivity contribution in [1.82, 2.24) is 0 Å². The van der Waals surface area contributed by atoms with Crippen LogP contribution in [0, 0.1) is 3.57 Å². The molecule has 0 aliphatic heterocycles. The first-order valence-electron chi connectivity index (χ1n) is 4.57. The van der Waals surface area contributed by atoms with Crippen LogP contribution >= 0.6 is 22.6 Å². The van der Waals surface area contributed by atoms with Gasteiger partial charge in [-0.05, 0) is 52.4 Å². The third kappa shape index (κ3) is 2.28. The molecule has 0 spiro atoms. The maximum atomic E-state index is 11.6. The van der Waals surface area contributed by atoms with Gasteiger partial charge in [0, 0.05) is 15.6 Å². The molecule has 1 N–H and O–H groups in total. The molecule has 0 fully saturated rings. The van der Waals surface area contributed by atoms with Gasteiger partial charge in [0.25, 0.3) is 0 Å². The Hall–Kier alpha value is -1.10. The highest BCUT2D eigenvalue weighted by molar-refractivity contribution is 14.1. The average Bonchev–Trinajstić information content (AvgIpc) is 2.23. The van der Waals surface area contributed by atoms with Gasteiger partial charge in [0.15, 0.2) is 5.78 Å². The van der Waals surface area contributed by atoms with E-state index in [9.17, 15) is 9.90 Å². The quantitative estimate of drug-likeness (QED) is 0.809. The van der Waals surface area contributed by atoms with Crippen LogP contribution in [0.4, 0.5) is 0 Å². The zero-order valence-corrected chi connectivity index (χ0v) is 10.1. The fraction of sp³-hybridized carbons (Fsp3) is 0.0833. The molecule has 0 heterocycles. The van der Waals surface area contributed by atoms with Crippen molar-refractivity contribution >= 4 is 33.9 Å². The van der Waals surface area contributed by atoms with Gasteiger partial charge >= 0.3 is 0 Å². The molecule has 0 saturated heterocycles. The van der Waals surface area contributed by atoms with Crippen LogP contribution in [0.2, 0.25) is 0 Å². The largest absolute Gasteiger partial charge is 0.508 e. The SMILES string of the molecule is O=C1CC=C(O)C=C1c1ccc(I)cc1. The minimum atomic E-state index is 0.0500. The van der Waals surface area contributed by atoms with Gasteiger partial charge in [-0.2, -0.15) is 0 Å². The number of halogens is 1. The summed E-state index contributed by atoms with van der Waals surface area (Å²) in [5.74, 6) is 0.220. The van der Waals surface area contributed by atoms with Gasteiger partial charge in [-0.1, -0.05) is 12.1 Å². The molecule has 0 unspecified atom stereocenters. The minimum Gasteiger partial charge on any atom is -0.508 e. The lowest BCUT2D eigenvalue weighted by Gasteiger charge is -2.09. The minimum absolute atomic E-state index is 0.0500. The lowest BCUT2D eigenvalue weighted by Crippen LogP contribution is -2.05. The number of aliphatic hydroxyl groups is 1. The lowest BCUT2D eigenvalue weighted by molar-refractivity contribution is -0.113. The number of aliphatic hydroxyl groups excluding tert-OH is 1. The van der Waals surface area contributed by atoms with Gasteiger partial charge in [-0.25, -0.2) is 0 Å². The predicted molar refractivity (Wildman–Crippen MR) is 67.5 cm³/mol. The van der Waals surface area contributed by atoms with Crippen molar-refractivity contribution in [1.29, 1.82) is 0 Å². The Morgan fingerprint density at radius 3 is 2.53 bits per heavy atom. The number of benzene rings is 1. The fourth-order valence-corrected chi connectivity index (χ4v) is 1.83. The molecule has 76 valence electrons. The molecule has 2 nitrogen and oxygen atoms in total. The smallest absolute Gasteiger partial charge is 0.167 e. The number of rotatable bonds is 1. The molecular weight excluding hydrogens is 303 g/mol. The second kappa shape index (κ2) is 4.18. The lowest BCUT2D eigenvalue weighted by atomic mass is 9.95. The monoisotopic (exact) mass is 312 g/mol. The van der Waals surface area contributed by atoms with E-state index in [1.807, 2.05) is 24.3 Å². The van der Waals surface area contributed by atoms with E-state index >= 15 is 0 Å². The molecule has 2 rings (SSSR count). The zero-order valence-electron chi connectivity index (χ0n) is 7.90. The normalized spacial score (nSPS) is 15.9. The van der Waals surface area contributed by atoms with E-state index in [2.05, 4.69) is 22.6 Å². The van der Waals surface area contributed by atoms with Gasteiger partial charge < -0.3 is 5.11 Å². The van der Waals surface area contributed by atoms with Crippen molar-refractivity contribution in [3.63, 3.8) is 0 Å². The van der Waals surface area contributed by atoms with E-state index in [-0.39, 0.29) is 18.0 Å². The molecule has 0 amide bonds. The molecule has 0 aromatic heterocycles. The number of ketones is 1. The molecule has 1 aromatic rings. The Kier molecular flexibility index (Phi) is 2.90. The first-order chi connectivity index (χ1) is 7.16. The van der Waals surface area contributed by atoms with Gasteiger partial charge in [-0.3, -0.25) is 4.79 Å². The summed E-state index contributed by atoms with van der Waals surface area (Å²) in [5.41, 5.74) is 1.45. The summed E-state index contributed by atoms with van der Waals surface area (Å²) in [6.07, 6.45) is 3.33. The van der Waals surface area contributed by atoms with Crippen molar-refractivity contribution in [2.24, 2.45) is 0 Å². The molecule has 1 aliphatic rings. The summed E-state index contributed by atoms with van der Waals surface area (Å²) < 4.78 is 1.12. The van der Waals surface area contributed by atoms with Crippen LogP contribution < -0.4 is 0 Å². The molecular formula is C12H9IO2. The summed E-state index contributed by atoms with van der Waals surface area (Å²) in [6, 6.07) is 7.67. The molecule has 0 saturated carbocycles. The molecule has 3 heteroatoms. The zero-order chi connectivity index (χ0) is 10.8. The Balaban J connectivity index is 2.42.